The van der Waals surface area contributed by atoms with E-state index in [2.05, 4.69) is 42.6 Å². The second-order valence-electron chi connectivity index (χ2n) is 8.90. The predicted octanol–water partition coefficient (Wildman–Crippen LogP) is 5.48. The number of hydrogen-bond donors (Lipinski definition) is 1. The summed E-state index contributed by atoms with van der Waals surface area (Å²) in [6, 6.07) is 16.6. The summed E-state index contributed by atoms with van der Waals surface area (Å²) in [7, 11) is 0. The van der Waals surface area contributed by atoms with Crippen LogP contribution in [0.25, 0.3) is 0 Å². The highest BCUT2D eigenvalue weighted by Gasteiger charge is 2.39. The van der Waals surface area contributed by atoms with Crippen LogP contribution in [0.1, 0.15) is 56.6 Å². The molecule has 5 heteroatoms. The number of carbonyl (C=O) groups is 2. The molecule has 4 rings (SSSR count). The van der Waals surface area contributed by atoms with Crippen molar-refractivity contribution in [3.8, 4) is 0 Å². The van der Waals surface area contributed by atoms with Gasteiger partial charge in [0, 0.05) is 10.9 Å². The number of para-hydroxylation sites is 1. The van der Waals surface area contributed by atoms with Gasteiger partial charge in [0.2, 0.25) is 11.8 Å². The first-order valence-corrected chi connectivity index (χ1v) is 12.3. The lowest BCUT2D eigenvalue weighted by molar-refractivity contribution is -0.129. The Hall–Kier alpha value is -2.27. The Morgan fingerprint density at radius 3 is 2.45 bits per heavy atom. The van der Waals surface area contributed by atoms with E-state index in [4.69, 9.17) is 0 Å². The van der Waals surface area contributed by atoms with Gasteiger partial charge < -0.3 is 10.2 Å². The van der Waals surface area contributed by atoms with Crippen LogP contribution in [-0.2, 0) is 16.1 Å². The summed E-state index contributed by atoms with van der Waals surface area (Å²) in [6.45, 7) is 4.48. The Morgan fingerprint density at radius 1 is 1.06 bits per heavy atom. The average Bonchev–Trinajstić information content (AvgIpc) is 3.05. The Kier molecular flexibility index (Phi) is 7.01. The highest BCUT2D eigenvalue weighted by Crippen LogP contribution is 2.42. The molecule has 0 aromatic heterocycles. The fourth-order valence-corrected chi connectivity index (χ4v) is 5.77. The average molecular weight is 437 g/mol. The van der Waals surface area contributed by atoms with E-state index in [0.717, 1.165) is 29.0 Å². The Bertz CT molecular complexity index is 919. The van der Waals surface area contributed by atoms with Gasteiger partial charge >= 0.3 is 0 Å². The molecule has 4 nitrogen and oxygen atoms in total. The molecule has 1 fully saturated rings. The maximum absolute atomic E-state index is 13.6. The molecule has 0 saturated heterocycles. The molecule has 1 aliphatic heterocycles. The number of nitrogens with one attached hydrogen (secondary N) is 1. The van der Waals surface area contributed by atoms with E-state index in [1.165, 1.54) is 43.0 Å². The fourth-order valence-electron chi connectivity index (χ4n) is 4.49. The molecule has 2 unspecified atom stereocenters. The van der Waals surface area contributed by atoms with Gasteiger partial charge in [-0.3, -0.25) is 9.59 Å². The van der Waals surface area contributed by atoms with Gasteiger partial charge in [0.1, 0.15) is 5.25 Å². The molecule has 0 radical (unpaired) electrons. The van der Waals surface area contributed by atoms with Crippen molar-refractivity contribution in [2.24, 2.45) is 5.92 Å². The zero-order chi connectivity index (χ0) is 21.8. The number of aryl methyl sites for hydroxylation is 1. The second-order valence-corrected chi connectivity index (χ2v) is 10.1. The van der Waals surface area contributed by atoms with Crippen LogP contribution in [0.3, 0.4) is 0 Å². The summed E-state index contributed by atoms with van der Waals surface area (Å²) >= 11 is 1.53. The normalized spacial score (nSPS) is 20.6. The van der Waals surface area contributed by atoms with E-state index in [1.807, 2.05) is 30.0 Å². The van der Waals surface area contributed by atoms with Gasteiger partial charge in [-0.25, -0.2) is 0 Å². The monoisotopic (exact) mass is 436 g/mol. The molecular formula is C26H32N2O2S. The number of hydrogen-bond acceptors (Lipinski definition) is 3. The van der Waals surface area contributed by atoms with Crippen molar-refractivity contribution < 1.29 is 9.59 Å². The molecule has 1 heterocycles. The molecule has 2 aromatic rings. The highest BCUT2D eigenvalue weighted by molar-refractivity contribution is 8.01. The quantitative estimate of drug-likeness (QED) is 0.632. The third kappa shape index (κ3) is 5.15. The minimum absolute atomic E-state index is 0.00687. The number of carbonyl (C=O) groups excluding carboxylic acids is 2. The standard InChI is InChI=1S/C26H32N2O2S/c1-18-13-15-20(16-14-18)17-28-22-11-7-8-12-23(22)31-24(26(28)30)19(2)25(29)27-21-9-5-3-4-6-10-21/h7-8,11-16,19,21,24H,3-6,9-10,17H2,1-2H3,(H,27,29). The van der Waals surface area contributed by atoms with Crippen LogP contribution in [0.2, 0.25) is 0 Å². The second kappa shape index (κ2) is 9.90. The smallest absolute Gasteiger partial charge is 0.241 e. The molecule has 2 aromatic carbocycles. The Labute approximate surface area is 189 Å². The first-order chi connectivity index (χ1) is 15.0. The minimum Gasteiger partial charge on any atom is -0.353 e. The number of nitrogens with zero attached hydrogens (tertiary/aromatic N) is 1. The molecule has 0 bridgehead atoms. The largest absolute Gasteiger partial charge is 0.353 e. The van der Waals surface area contributed by atoms with Gasteiger partial charge in [-0.1, -0.05) is 74.6 Å². The summed E-state index contributed by atoms with van der Waals surface area (Å²) in [4.78, 5) is 29.6. The number of thioether (sulfide) groups is 1. The molecule has 2 amide bonds. The maximum Gasteiger partial charge on any atom is 0.241 e. The summed E-state index contributed by atoms with van der Waals surface area (Å²) in [5, 5.41) is 2.84. The van der Waals surface area contributed by atoms with Crippen molar-refractivity contribution in [1.82, 2.24) is 5.32 Å². The Morgan fingerprint density at radius 2 is 1.74 bits per heavy atom. The van der Waals surface area contributed by atoms with Crippen LogP contribution in [0.15, 0.2) is 53.4 Å². The van der Waals surface area contributed by atoms with Gasteiger partial charge in [0.15, 0.2) is 0 Å². The summed E-state index contributed by atoms with van der Waals surface area (Å²) in [5.74, 6) is -0.352. The lowest BCUT2D eigenvalue weighted by atomic mass is 10.0. The number of benzene rings is 2. The maximum atomic E-state index is 13.6. The van der Waals surface area contributed by atoms with Gasteiger partial charge in [-0.2, -0.15) is 0 Å². The van der Waals surface area contributed by atoms with Crippen molar-refractivity contribution in [2.45, 2.75) is 75.1 Å². The predicted molar refractivity (Wildman–Crippen MR) is 127 cm³/mol. The van der Waals surface area contributed by atoms with Gasteiger partial charge in [-0.15, -0.1) is 11.8 Å². The van der Waals surface area contributed by atoms with E-state index in [0.29, 0.717) is 6.54 Å². The van der Waals surface area contributed by atoms with Gasteiger partial charge in [0.05, 0.1) is 18.2 Å². The first kappa shape index (κ1) is 21.9. The van der Waals surface area contributed by atoms with Crippen LogP contribution in [0, 0.1) is 12.8 Å². The molecular weight excluding hydrogens is 404 g/mol. The van der Waals surface area contributed by atoms with E-state index >= 15 is 0 Å². The van der Waals surface area contributed by atoms with E-state index in [9.17, 15) is 9.59 Å². The highest BCUT2D eigenvalue weighted by atomic mass is 32.2. The van der Waals surface area contributed by atoms with Crippen LogP contribution >= 0.6 is 11.8 Å². The van der Waals surface area contributed by atoms with Crippen LogP contribution in [-0.4, -0.2) is 23.1 Å². The molecule has 0 spiro atoms. The SMILES string of the molecule is Cc1ccc(CN2C(=O)C(C(C)C(=O)NC3CCCCCC3)Sc3ccccc32)cc1. The molecule has 2 atom stereocenters. The van der Waals surface area contributed by atoms with E-state index in [-0.39, 0.29) is 23.8 Å². The molecule has 1 N–H and O–H groups in total. The fraction of sp³-hybridized carbons (Fsp3) is 0.462. The van der Waals surface area contributed by atoms with E-state index in [1.54, 1.807) is 0 Å². The first-order valence-electron chi connectivity index (χ1n) is 11.5. The van der Waals surface area contributed by atoms with Crippen molar-refractivity contribution in [3.05, 3.63) is 59.7 Å². The lowest BCUT2D eigenvalue weighted by Gasteiger charge is -2.36. The van der Waals surface area contributed by atoms with Crippen molar-refractivity contribution in [3.63, 3.8) is 0 Å². The summed E-state index contributed by atoms with van der Waals surface area (Å²) in [5.41, 5.74) is 3.23. The number of rotatable bonds is 5. The topological polar surface area (TPSA) is 49.4 Å². The van der Waals surface area contributed by atoms with Gasteiger partial charge in [-0.05, 0) is 37.5 Å². The molecule has 1 aliphatic carbocycles. The van der Waals surface area contributed by atoms with Gasteiger partial charge in [0.25, 0.3) is 0 Å². The van der Waals surface area contributed by atoms with Crippen molar-refractivity contribution >= 4 is 29.3 Å². The zero-order valence-corrected chi connectivity index (χ0v) is 19.3. The third-order valence-corrected chi connectivity index (χ3v) is 7.91. The van der Waals surface area contributed by atoms with Crippen LogP contribution in [0.4, 0.5) is 5.69 Å². The van der Waals surface area contributed by atoms with Crippen molar-refractivity contribution in [2.75, 3.05) is 4.90 Å². The molecule has 164 valence electrons. The zero-order valence-electron chi connectivity index (χ0n) is 18.5. The number of amides is 2. The number of anilines is 1. The van der Waals surface area contributed by atoms with Crippen molar-refractivity contribution in [1.29, 1.82) is 0 Å². The van der Waals surface area contributed by atoms with Crippen LogP contribution in [0.5, 0.6) is 0 Å². The summed E-state index contributed by atoms with van der Waals surface area (Å²) < 4.78 is 0. The van der Waals surface area contributed by atoms with Crippen LogP contribution < -0.4 is 10.2 Å². The van der Waals surface area contributed by atoms with E-state index < -0.39 is 5.25 Å². The molecule has 1 saturated carbocycles. The molecule has 31 heavy (non-hydrogen) atoms. The number of fused-ring (bicyclic) bond motifs is 1. The Balaban J connectivity index is 1.53. The minimum atomic E-state index is -0.411. The summed E-state index contributed by atoms with van der Waals surface area (Å²) in [6.07, 6.45) is 6.95. The molecule has 2 aliphatic rings. The lowest BCUT2D eigenvalue weighted by Crippen LogP contribution is -2.48. The third-order valence-electron chi connectivity index (χ3n) is 6.45.